The van der Waals surface area contributed by atoms with Crippen molar-refractivity contribution in [2.24, 2.45) is 4.99 Å². The standard InChI is InChI=1S/C12H12BNO5/c15-6-14-12(4-1-5-12)8-2-3-9-11(19-7-18-9)10(8)13(16)17/h2-3,16-17H,1,4-5,7H2. The molecule has 3 rings (SSSR count). The van der Waals surface area contributed by atoms with Crippen molar-refractivity contribution in [2.45, 2.75) is 24.8 Å². The maximum atomic E-state index is 10.6. The lowest BCUT2D eigenvalue weighted by atomic mass is 9.64. The van der Waals surface area contributed by atoms with Crippen LogP contribution in [0.25, 0.3) is 0 Å². The van der Waals surface area contributed by atoms with Crippen LogP contribution in [-0.2, 0) is 10.3 Å². The van der Waals surface area contributed by atoms with Gasteiger partial charge in [0.25, 0.3) is 0 Å². The Labute approximate surface area is 109 Å². The summed E-state index contributed by atoms with van der Waals surface area (Å²) < 4.78 is 10.5. The van der Waals surface area contributed by atoms with E-state index in [0.29, 0.717) is 29.9 Å². The maximum Gasteiger partial charge on any atom is 0.492 e. The topological polar surface area (TPSA) is 88.4 Å². The van der Waals surface area contributed by atoms with Crippen LogP contribution in [0.2, 0.25) is 0 Å². The summed E-state index contributed by atoms with van der Waals surface area (Å²) >= 11 is 0. The Kier molecular flexibility index (Phi) is 2.82. The average molecular weight is 261 g/mol. The second kappa shape index (κ2) is 4.38. The number of isocyanates is 1. The largest absolute Gasteiger partial charge is 0.492 e. The minimum atomic E-state index is -1.70. The lowest BCUT2D eigenvalue weighted by Gasteiger charge is -2.38. The predicted molar refractivity (Wildman–Crippen MR) is 66.0 cm³/mol. The molecular weight excluding hydrogens is 249 g/mol. The Balaban J connectivity index is 2.19. The molecule has 0 spiro atoms. The molecule has 19 heavy (non-hydrogen) atoms. The van der Waals surface area contributed by atoms with E-state index in [2.05, 4.69) is 4.99 Å². The molecule has 0 radical (unpaired) electrons. The zero-order valence-corrected chi connectivity index (χ0v) is 10.1. The first kappa shape index (κ1) is 12.2. The molecule has 1 fully saturated rings. The highest BCUT2D eigenvalue weighted by Gasteiger charge is 2.44. The SMILES string of the molecule is O=C=NC1(c2ccc3c(c2B(O)O)OCO3)CCC1. The average Bonchev–Trinajstić information content (AvgIpc) is 2.80. The molecule has 1 aliphatic carbocycles. The number of hydrogen-bond acceptors (Lipinski definition) is 6. The van der Waals surface area contributed by atoms with Gasteiger partial charge in [-0.1, -0.05) is 6.07 Å². The third kappa shape index (κ3) is 1.75. The molecule has 0 saturated heterocycles. The fourth-order valence-corrected chi connectivity index (χ4v) is 2.70. The molecule has 98 valence electrons. The van der Waals surface area contributed by atoms with Crippen molar-refractivity contribution in [3.8, 4) is 11.5 Å². The summed E-state index contributed by atoms with van der Waals surface area (Å²) in [7, 11) is -1.70. The number of carbonyl (C=O) groups excluding carboxylic acids is 1. The van der Waals surface area contributed by atoms with Gasteiger partial charge in [-0.15, -0.1) is 0 Å². The van der Waals surface area contributed by atoms with Crippen molar-refractivity contribution in [2.75, 3.05) is 6.79 Å². The summed E-state index contributed by atoms with van der Waals surface area (Å²) in [4.78, 5) is 14.5. The van der Waals surface area contributed by atoms with E-state index in [4.69, 9.17) is 9.47 Å². The molecule has 1 aromatic carbocycles. The number of benzene rings is 1. The molecule has 0 aromatic heterocycles. The van der Waals surface area contributed by atoms with E-state index < -0.39 is 12.7 Å². The molecule has 1 heterocycles. The Morgan fingerprint density at radius 1 is 1.32 bits per heavy atom. The van der Waals surface area contributed by atoms with Crippen molar-refractivity contribution in [1.82, 2.24) is 0 Å². The van der Waals surface area contributed by atoms with Gasteiger partial charge in [0.15, 0.2) is 11.5 Å². The zero-order valence-electron chi connectivity index (χ0n) is 10.1. The highest BCUT2D eigenvalue weighted by atomic mass is 16.7. The first-order chi connectivity index (χ1) is 9.18. The van der Waals surface area contributed by atoms with Crippen LogP contribution in [0.5, 0.6) is 11.5 Å². The number of hydrogen-bond donors (Lipinski definition) is 2. The minimum Gasteiger partial charge on any atom is -0.454 e. The first-order valence-electron chi connectivity index (χ1n) is 6.06. The van der Waals surface area contributed by atoms with Gasteiger partial charge in [-0.25, -0.2) is 4.79 Å². The summed E-state index contributed by atoms with van der Waals surface area (Å²) in [5.41, 5.74) is 0.122. The van der Waals surface area contributed by atoms with Crippen molar-refractivity contribution < 1.29 is 24.3 Å². The van der Waals surface area contributed by atoms with Crippen molar-refractivity contribution in [3.63, 3.8) is 0 Å². The molecule has 2 aliphatic rings. The van der Waals surface area contributed by atoms with Gasteiger partial charge in [0.1, 0.15) is 0 Å². The summed E-state index contributed by atoms with van der Waals surface area (Å²) in [5.74, 6) is 0.788. The van der Waals surface area contributed by atoms with Crippen molar-refractivity contribution in [1.29, 1.82) is 0 Å². The molecule has 0 unspecified atom stereocenters. The van der Waals surface area contributed by atoms with Crippen LogP contribution < -0.4 is 14.9 Å². The Morgan fingerprint density at radius 2 is 2.11 bits per heavy atom. The number of fused-ring (bicyclic) bond motifs is 1. The Morgan fingerprint density at radius 3 is 2.68 bits per heavy atom. The minimum absolute atomic E-state index is 0.0441. The van der Waals surface area contributed by atoms with Crippen LogP contribution in [0.1, 0.15) is 24.8 Å². The third-order valence-electron chi connectivity index (χ3n) is 3.78. The van der Waals surface area contributed by atoms with Gasteiger partial charge >= 0.3 is 7.12 Å². The van der Waals surface area contributed by atoms with Crippen LogP contribution in [0.4, 0.5) is 0 Å². The molecule has 0 atom stereocenters. The second-order valence-corrected chi connectivity index (χ2v) is 4.72. The molecule has 1 aliphatic heterocycles. The lowest BCUT2D eigenvalue weighted by molar-refractivity contribution is 0.174. The Hall–Kier alpha value is -1.82. The van der Waals surface area contributed by atoms with E-state index in [1.807, 2.05) is 0 Å². The van der Waals surface area contributed by atoms with Gasteiger partial charge in [-0.2, -0.15) is 4.99 Å². The highest BCUT2D eigenvalue weighted by molar-refractivity contribution is 6.60. The molecule has 7 heteroatoms. The van der Waals surface area contributed by atoms with E-state index in [0.717, 1.165) is 6.42 Å². The first-order valence-corrected chi connectivity index (χ1v) is 6.06. The van der Waals surface area contributed by atoms with Crippen LogP contribution in [-0.4, -0.2) is 30.0 Å². The summed E-state index contributed by atoms with van der Waals surface area (Å²) in [6.07, 6.45) is 3.88. The molecule has 6 nitrogen and oxygen atoms in total. The van der Waals surface area contributed by atoms with E-state index in [-0.39, 0.29) is 12.3 Å². The number of nitrogens with zero attached hydrogens (tertiary/aromatic N) is 1. The highest BCUT2D eigenvalue weighted by Crippen LogP contribution is 2.46. The van der Waals surface area contributed by atoms with Gasteiger partial charge < -0.3 is 19.5 Å². The number of aliphatic imine (C=N–C) groups is 1. The van der Waals surface area contributed by atoms with Gasteiger partial charge in [-0.05, 0) is 30.9 Å². The quantitative estimate of drug-likeness (QED) is 0.447. The molecule has 0 bridgehead atoms. The fraction of sp³-hybridized carbons (Fsp3) is 0.417. The van der Waals surface area contributed by atoms with E-state index in [1.54, 1.807) is 18.2 Å². The van der Waals surface area contributed by atoms with Crippen LogP contribution >= 0.6 is 0 Å². The van der Waals surface area contributed by atoms with Crippen molar-refractivity contribution in [3.05, 3.63) is 17.7 Å². The monoisotopic (exact) mass is 261 g/mol. The van der Waals surface area contributed by atoms with Gasteiger partial charge in [0.05, 0.1) is 5.54 Å². The molecular formula is C12H12BNO5. The Bertz CT molecular complexity index is 563. The summed E-state index contributed by atoms with van der Waals surface area (Å²) in [6, 6.07) is 3.41. The van der Waals surface area contributed by atoms with Crippen LogP contribution in [0.3, 0.4) is 0 Å². The lowest BCUT2D eigenvalue weighted by Crippen LogP contribution is -2.43. The fourth-order valence-electron chi connectivity index (χ4n) is 2.70. The van der Waals surface area contributed by atoms with E-state index in [9.17, 15) is 14.8 Å². The van der Waals surface area contributed by atoms with E-state index >= 15 is 0 Å². The smallest absolute Gasteiger partial charge is 0.454 e. The molecule has 1 saturated carbocycles. The summed E-state index contributed by atoms with van der Waals surface area (Å²) in [6.45, 7) is 0.0441. The predicted octanol–water partition coefficient (Wildman–Crippen LogP) is -0.190. The van der Waals surface area contributed by atoms with Crippen LogP contribution in [0.15, 0.2) is 17.1 Å². The normalized spacial score (nSPS) is 18.4. The zero-order chi connectivity index (χ0) is 13.5. The summed E-state index contributed by atoms with van der Waals surface area (Å²) in [5, 5.41) is 19.2. The number of rotatable bonds is 3. The van der Waals surface area contributed by atoms with Crippen LogP contribution in [0, 0.1) is 0 Å². The van der Waals surface area contributed by atoms with Gasteiger partial charge in [0, 0.05) is 5.46 Å². The molecule has 2 N–H and O–H groups in total. The van der Waals surface area contributed by atoms with Gasteiger partial charge in [0.2, 0.25) is 12.9 Å². The van der Waals surface area contributed by atoms with Gasteiger partial charge in [-0.3, -0.25) is 0 Å². The van der Waals surface area contributed by atoms with E-state index in [1.165, 1.54) is 0 Å². The second-order valence-electron chi connectivity index (χ2n) is 4.72. The molecule has 1 aromatic rings. The number of ether oxygens (including phenoxy) is 2. The molecule has 0 amide bonds. The third-order valence-corrected chi connectivity index (χ3v) is 3.78. The maximum absolute atomic E-state index is 10.6. The van der Waals surface area contributed by atoms with Crippen molar-refractivity contribution >= 4 is 18.7 Å².